The highest BCUT2D eigenvalue weighted by Crippen LogP contribution is 2.30. The van der Waals surface area contributed by atoms with Crippen molar-refractivity contribution in [1.29, 1.82) is 0 Å². The Kier molecular flexibility index (Phi) is 5.93. The summed E-state index contributed by atoms with van der Waals surface area (Å²) in [5.74, 6) is 1.54. The van der Waals surface area contributed by atoms with Crippen molar-refractivity contribution in [1.82, 2.24) is 0 Å². The predicted molar refractivity (Wildman–Crippen MR) is 94.6 cm³/mol. The second-order valence-corrected chi connectivity index (χ2v) is 5.71. The maximum atomic E-state index is 12.1. The number of amides is 1. The van der Waals surface area contributed by atoms with E-state index in [4.69, 9.17) is 25.8 Å². The molecular weight excluding hydrogens is 330 g/mol. The summed E-state index contributed by atoms with van der Waals surface area (Å²) < 4.78 is 16.0. The van der Waals surface area contributed by atoms with Crippen LogP contribution in [-0.2, 0) is 4.79 Å². The average molecular weight is 350 g/mol. The van der Waals surface area contributed by atoms with Crippen LogP contribution in [0.2, 0.25) is 5.02 Å². The molecule has 24 heavy (non-hydrogen) atoms. The summed E-state index contributed by atoms with van der Waals surface area (Å²) in [5, 5.41) is 3.41. The SMILES string of the molecule is COc1ccc(NC(=O)COc2c(C)cc(Cl)cc2C)cc1OC. The van der Waals surface area contributed by atoms with E-state index in [1.807, 2.05) is 13.8 Å². The largest absolute Gasteiger partial charge is 0.493 e. The number of halogens is 1. The first-order valence-electron chi connectivity index (χ1n) is 7.36. The topological polar surface area (TPSA) is 56.8 Å². The van der Waals surface area contributed by atoms with Gasteiger partial charge in [-0.05, 0) is 49.2 Å². The van der Waals surface area contributed by atoms with E-state index in [2.05, 4.69) is 5.32 Å². The van der Waals surface area contributed by atoms with Crippen molar-refractivity contribution in [2.24, 2.45) is 0 Å². The molecule has 0 heterocycles. The highest BCUT2D eigenvalue weighted by atomic mass is 35.5. The van der Waals surface area contributed by atoms with Gasteiger partial charge in [0, 0.05) is 16.8 Å². The lowest BCUT2D eigenvalue weighted by molar-refractivity contribution is -0.118. The Labute approximate surface area is 146 Å². The van der Waals surface area contributed by atoms with Gasteiger partial charge in [-0.3, -0.25) is 4.79 Å². The Morgan fingerprint density at radius 3 is 2.25 bits per heavy atom. The highest BCUT2D eigenvalue weighted by molar-refractivity contribution is 6.30. The zero-order chi connectivity index (χ0) is 17.7. The number of hydrogen-bond donors (Lipinski definition) is 1. The van der Waals surface area contributed by atoms with E-state index in [0.717, 1.165) is 11.1 Å². The number of nitrogens with one attached hydrogen (secondary N) is 1. The fourth-order valence-corrected chi connectivity index (χ4v) is 2.70. The minimum atomic E-state index is -0.268. The molecule has 0 atom stereocenters. The molecule has 2 rings (SSSR count). The number of aryl methyl sites for hydroxylation is 2. The minimum Gasteiger partial charge on any atom is -0.493 e. The van der Waals surface area contributed by atoms with Gasteiger partial charge in [0.05, 0.1) is 14.2 Å². The van der Waals surface area contributed by atoms with E-state index in [-0.39, 0.29) is 12.5 Å². The van der Waals surface area contributed by atoms with Crippen LogP contribution in [-0.4, -0.2) is 26.7 Å². The second kappa shape index (κ2) is 7.93. The fraction of sp³-hybridized carbons (Fsp3) is 0.278. The summed E-state index contributed by atoms with van der Waals surface area (Å²) in [7, 11) is 3.10. The zero-order valence-electron chi connectivity index (χ0n) is 14.1. The van der Waals surface area contributed by atoms with Gasteiger partial charge in [-0.15, -0.1) is 0 Å². The molecule has 0 aliphatic heterocycles. The molecule has 2 aromatic rings. The van der Waals surface area contributed by atoms with Crippen LogP contribution in [0.25, 0.3) is 0 Å². The Balaban J connectivity index is 2.02. The van der Waals surface area contributed by atoms with Gasteiger partial charge in [-0.2, -0.15) is 0 Å². The molecule has 0 aliphatic carbocycles. The maximum absolute atomic E-state index is 12.1. The number of ether oxygens (including phenoxy) is 3. The molecule has 0 saturated carbocycles. The monoisotopic (exact) mass is 349 g/mol. The van der Waals surface area contributed by atoms with Crippen LogP contribution in [0.15, 0.2) is 30.3 Å². The van der Waals surface area contributed by atoms with Crippen LogP contribution < -0.4 is 19.5 Å². The van der Waals surface area contributed by atoms with Crippen molar-refractivity contribution in [2.45, 2.75) is 13.8 Å². The third-order valence-corrected chi connectivity index (χ3v) is 3.66. The van der Waals surface area contributed by atoms with Crippen molar-refractivity contribution >= 4 is 23.2 Å². The van der Waals surface area contributed by atoms with E-state index in [9.17, 15) is 4.79 Å². The number of carbonyl (C=O) groups is 1. The maximum Gasteiger partial charge on any atom is 0.262 e. The minimum absolute atomic E-state index is 0.0995. The van der Waals surface area contributed by atoms with Crippen molar-refractivity contribution in [3.63, 3.8) is 0 Å². The van der Waals surface area contributed by atoms with E-state index in [0.29, 0.717) is 28.0 Å². The smallest absolute Gasteiger partial charge is 0.262 e. The van der Waals surface area contributed by atoms with Crippen LogP contribution in [0.4, 0.5) is 5.69 Å². The Hall–Kier alpha value is -2.40. The van der Waals surface area contributed by atoms with Gasteiger partial charge in [-0.1, -0.05) is 11.6 Å². The number of benzene rings is 2. The summed E-state index contributed by atoms with van der Waals surface area (Å²) >= 11 is 5.99. The van der Waals surface area contributed by atoms with Crippen LogP contribution >= 0.6 is 11.6 Å². The van der Waals surface area contributed by atoms with E-state index in [1.54, 1.807) is 44.6 Å². The van der Waals surface area contributed by atoms with Gasteiger partial charge < -0.3 is 19.5 Å². The summed E-state index contributed by atoms with van der Waals surface area (Å²) in [4.78, 5) is 12.1. The predicted octanol–water partition coefficient (Wildman–Crippen LogP) is 3.99. The zero-order valence-corrected chi connectivity index (χ0v) is 14.9. The number of rotatable bonds is 6. The molecule has 0 spiro atoms. The molecule has 5 nitrogen and oxygen atoms in total. The van der Waals surface area contributed by atoms with Crippen molar-refractivity contribution in [3.8, 4) is 17.2 Å². The Morgan fingerprint density at radius 1 is 1.04 bits per heavy atom. The van der Waals surface area contributed by atoms with Crippen molar-refractivity contribution < 1.29 is 19.0 Å². The summed E-state index contributed by atoms with van der Waals surface area (Å²) in [6.07, 6.45) is 0. The first kappa shape index (κ1) is 17.9. The van der Waals surface area contributed by atoms with Crippen molar-refractivity contribution in [3.05, 3.63) is 46.5 Å². The van der Waals surface area contributed by atoms with Gasteiger partial charge >= 0.3 is 0 Å². The van der Waals surface area contributed by atoms with Gasteiger partial charge in [-0.25, -0.2) is 0 Å². The number of methoxy groups -OCH3 is 2. The van der Waals surface area contributed by atoms with Crippen LogP contribution in [0.3, 0.4) is 0 Å². The molecule has 0 unspecified atom stereocenters. The second-order valence-electron chi connectivity index (χ2n) is 5.28. The standard InChI is InChI=1S/C18H20ClNO4/c1-11-7-13(19)8-12(2)18(11)24-10-17(21)20-14-5-6-15(22-3)16(9-14)23-4/h5-9H,10H2,1-4H3,(H,20,21). The molecule has 0 aliphatic rings. The molecule has 0 bridgehead atoms. The summed E-state index contributed by atoms with van der Waals surface area (Å²) in [6, 6.07) is 8.75. The molecule has 1 amide bonds. The summed E-state index contributed by atoms with van der Waals surface area (Å²) in [6.45, 7) is 3.68. The molecule has 0 fully saturated rings. The molecule has 1 N–H and O–H groups in total. The van der Waals surface area contributed by atoms with E-state index >= 15 is 0 Å². The van der Waals surface area contributed by atoms with Gasteiger partial charge in [0.25, 0.3) is 5.91 Å². The van der Waals surface area contributed by atoms with Gasteiger partial charge in [0.15, 0.2) is 18.1 Å². The van der Waals surface area contributed by atoms with Gasteiger partial charge in [0.1, 0.15) is 5.75 Å². The molecule has 6 heteroatoms. The molecule has 128 valence electrons. The lowest BCUT2D eigenvalue weighted by Crippen LogP contribution is -2.20. The van der Waals surface area contributed by atoms with Crippen LogP contribution in [0, 0.1) is 13.8 Å². The van der Waals surface area contributed by atoms with Crippen LogP contribution in [0.5, 0.6) is 17.2 Å². The fourth-order valence-electron chi connectivity index (χ4n) is 2.37. The van der Waals surface area contributed by atoms with Crippen molar-refractivity contribution in [2.75, 3.05) is 26.1 Å². The number of anilines is 1. The summed E-state index contributed by atoms with van der Waals surface area (Å²) in [5.41, 5.74) is 2.38. The first-order chi connectivity index (χ1) is 11.4. The van der Waals surface area contributed by atoms with E-state index in [1.165, 1.54) is 0 Å². The lowest BCUT2D eigenvalue weighted by atomic mass is 10.1. The Morgan fingerprint density at radius 2 is 1.67 bits per heavy atom. The molecule has 0 saturated heterocycles. The Bertz CT molecular complexity index is 723. The highest BCUT2D eigenvalue weighted by Gasteiger charge is 2.10. The molecular formula is C18H20ClNO4. The normalized spacial score (nSPS) is 10.2. The number of hydrogen-bond acceptors (Lipinski definition) is 4. The van der Waals surface area contributed by atoms with Crippen LogP contribution in [0.1, 0.15) is 11.1 Å². The van der Waals surface area contributed by atoms with E-state index < -0.39 is 0 Å². The average Bonchev–Trinajstić information content (AvgIpc) is 2.53. The molecule has 0 radical (unpaired) electrons. The molecule has 2 aromatic carbocycles. The van der Waals surface area contributed by atoms with Gasteiger partial charge in [0.2, 0.25) is 0 Å². The number of carbonyl (C=O) groups excluding carboxylic acids is 1. The third kappa shape index (κ3) is 4.32. The molecule has 0 aromatic heterocycles. The third-order valence-electron chi connectivity index (χ3n) is 3.44. The quantitative estimate of drug-likeness (QED) is 0.856. The lowest BCUT2D eigenvalue weighted by Gasteiger charge is -2.13. The first-order valence-corrected chi connectivity index (χ1v) is 7.73.